The highest BCUT2D eigenvalue weighted by Crippen LogP contribution is 2.29. The van der Waals surface area contributed by atoms with Gasteiger partial charge in [0.2, 0.25) is 0 Å². The zero-order valence-electron chi connectivity index (χ0n) is 9.16. The number of benzene rings is 1. The van der Waals surface area contributed by atoms with E-state index in [1.165, 1.54) is 4.88 Å². The molecule has 1 aromatic heterocycles. The molecule has 2 aromatic rings. The summed E-state index contributed by atoms with van der Waals surface area (Å²) in [7, 11) is 1.66. The average Bonchev–Trinajstić information content (AvgIpc) is 2.71. The summed E-state index contributed by atoms with van der Waals surface area (Å²) in [5.74, 6) is 1.33. The second-order valence-corrected chi connectivity index (χ2v) is 4.93. The monoisotopic (exact) mass is 253 g/mol. The third-order valence-corrected chi connectivity index (χ3v) is 3.70. The van der Waals surface area contributed by atoms with E-state index < -0.39 is 0 Å². The molecule has 2 nitrogen and oxygen atoms in total. The largest absolute Gasteiger partial charge is 0.497 e. The van der Waals surface area contributed by atoms with Gasteiger partial charge in [0.15, 0.2) is 0 Å². The van der Waals surface area contributed by atoms with Gasteiger partial charge < -0.3 is 4.74 Å². The van der Waals surface area contributed by atoms with Gasteiger partial charge in [-0.3, -0.25) is 0 Å². The van der Waals surface area contributed by atoms with E-state index in [0.29, 0.717) is 5.88 Å². The van der Waals surface area contributed by atoms with E-state index in [0.717, 1.165) is 22.0 Å². The van der Waals surface area contributed by atoms with Crippen LogP contribution in [0.4, 0.5) is 0 Å². The number of methoxy groups -OCH3 is 1. The Bertz CT molecular complexity index is 478. The predicted molar refractivity (Wildman–Crippen MR) is 68.4 cm³/mol. The summed E-state index contributed by atoms with van der Waals surface area (Å²) in [5, 5.41) is 0.963. The Hall–Kier alpha value is -1.06. The molecule has 0 fully saturated rings. The number of aromatic nitrogens is 1. The third kappa shape index (κ3) is 2.20. The summed E-state index contributed by atoms with van der Waals surface area (Å²) in [6.07, 6.45) is 0. The van der Waals surface area contributed by atoms with Crippen LogP contribution in [0.3, 0.4) is 0 Å². The molecule has 1 aromatic carbocycles. The van der Waals surface area contributed by atoms with Gasteiger partial charge in [-0.15, -0.1) is 22.9 Å². The molecule has 4 heteroatoms. The van der Waals surface area contributed by atoms with Crippen molar-refractivity contribution in [3.05, 3.63) is 34.2 Å². The van der Waals surface area contributed by atoms with Gasteiger partial charge in [0.1, 0.15) is 10.8 Å². The first-order chi connectivity index (χ1) is 7.74. The summed E-state index contributed by atoms with van der Waals surface area (Å²) >= 11 is 7.42. The summed E-state index contributed by atoms with van der Waals surface area (Å²) in [6, 6.07) is 7.90. The summed E-state index contributed by atoms with van der Waals surface area (Å²) in [5.41, 5.74) is 2.12. The van der Waals surface area contributed by atoms with E-state index in [2.05, 4.69) is 11.9 Å². The van der Waals surface area contributed by atoms with Gasteiger partial charge in [-0.2, -0.15) is 0 Å². The fraction of sp³-hybridized carbons (Fsp3) is 0.250. The number of thiazole rings is 1. The van der Waals surface area contributed by atoms with Crippen LogP contribution in [0.2, 0.25) is 0 Å². The molecule has 0 N–H and O–H groups in total. The molecule has 0 spiro atoms. The highest BCUT2D eigenvalue weighted by atomic mass is 35.5. The third-order valence-electron chi connectivity index (χ3n) is 2.32. The van der Waals surface area contributed by atoms with Crippen LogP contribution >= 0.6 is 22.9 Å². The van der Waals surface area contributed by atoms with Gasteiger partial charge in [0.05, 0.1) is 18.7 Å². The number of hydrogen-bond acceptors (Lipinski definition) is 3. The fourth-order valence-electron chi connectivity index (χ4n) is 1.53. The van der Waals surface area contributed by atoms with Crippen LogP contribution in [-0.4, -0.2) is 12.1 Å². The second-order valence-electron chi connectivity index (χ2n) is 3.37. The Morgan fingerprint density at radius 2 is 2.00 bits per heavy atom. The summed E-state index contributed by atoms with van der Waals surface area (Å²) < 4.78 is 5.12. The molecule has 0 bridgehead atoms. The molecule has 0 saturated heterocycles. The number of aryl methyl sites for hydroxylation is 1. The maximum Gasteiger partial charge on any atom is 0.118 e. The summed E-state index contributed by atoms with van der Waals surface area (Å²) in [6.45, 7) is 2.06. The molecule has 0 unspecified atom stereocenters. The molecule has 0 aliphatic carbocycles. The molecule has 0 saturated carbocycles. The lowest BCUT2D eigenvalue weighted by molar-refractivity contribution is 0.415. The van der Waals surface area contributed by atoms with Crippen molar-refractivity contribution < 1.29 is 4.74 Å². The van der Waals surface area contributed by atoms with E-state index >= 15 is 0 Å². The maximum absolute atomic E-state index is 5.78. The minimum Gasteiger partial charge on any atom is -0.497 e. The van der Waals surface area contributed by atoms with Gasteiger partial charge in [-0.1, -0.05) is 0 Å². The van der Waals surface area contributed by atoms with Crippen molar-refractivity contribution >= 4 is 22.9 Å². The van der Waals surface area contributed by atoms with Crippen molar-refractivity contribution in [2.24, 2.45) is 0 Å². The average molecular weight is 254 g/mol. The number of nitrogens with zero attached hydrogens (tertiary/aromatic N) is 1. The molecular formula is C12H12ClNOS. The Balaban J connectivity index is 2.38. The smallest absolute Gasteiger partial charge is 0.118 e. The maximum atomic E-state index is 5.78. The van der Waals surface area contributed by atoms with Gasteiger partial charge in [0.25, 0.3) is 0 Å². The van der Waals surface area contributed by atoms with E-state index in [-0.39, 0.29) is 0 Å². The highest BCUT2D eigenvalue weighted by molar-refractivity contribution is 7.12. The quantitative estimate of drug-likeness (QED) is 0.775. The SMILES string of the molecule is COc1ccc(-c2nc(CCl)sc2C)cc1. The van der Waals surface area contributed by atoms with E-state index in [9.17, 15) is 0 Å². The lowest BCUT2D eigenvalue weighted by atomic mass is 10.1. The van der Waals surface area contributed by atoms with Crippen molar-refractivity contribution in [1.82, 2.24) is 4.98 Å². The minimum atomic E-state index is 0.474. The molecule has 0 atom stereocenters. The first-order valence-electron chi connectivity index (χ1n) is 4.91. The molecule has 0 aliphatic rings. The minimum absolute atomic E-state index is 0.474. The Kier molecular flexibility index (Phi) is 3.46. The van der Waals surface area contributed by atoms with Crippen molar-refractivity contribution in [2.45, 2.75) is 12.8 Å². The highest BCUT2D eigenvalue weighted by Gasteiger charge is 2.08. The Morgan fingerprint density at radius 3 is 2.50 bits per heavy atom. The normalized spacial score (nSPS) is 10.4. The van der Waals surface area contributed by atoms with Crippen molar-refractivity contribution in [1.29, 1.82) is 0 Å². The molecule has 0 aliphatic heterocycles. The van der Waals surface area contributed by atoms with Gasteiger partial charge in [-0.25, -0.2) is 4.98 Å². The lowest BCUT2D eigenvalue weighted by Gasteiger charge is -2.01. The summed E-state index contributed by atoms with van der Waals surface area (Å²) in [4.78, 5) is 5.69. The van der Waals surface area contributed by atoms with E-state index in [4.69, 9.17) is 16.3 Å². The van der Waals surface area contributed by atoms with Crippen molar-refractivity contribution in [3.63, 3.8) is 0 Å². The molecule has 0 radical (unpaired) electrons. The first-order valence-corrected chi connectivity index (χ1v) is 6.26. The molecule has 16 heavy (non-hydrogen) atoms. The first kappa shape index (κ1) is 11.4. The molecule has 0 amide bonds. The van der Waals surface area contributed by atoms with E-state index in [1.54, 1.807) is 18.4 Å². The number of rotatable bonds is 3. The van der Waals surface area contributed by atoms with Gasteiger partial charge >= 0.3 is 0 Å². The standard InChI is InChI=1S/C12H12ClNOS/c1-8-12(14-11(7-13)16-8)9-3-5-10(15-2)6-4-9/h3-6H,7H2,1-2H3. The molecule has 2 rings (SSSR count). The molecule has 1 heterocycles. The van der Waals surface area contributed by atoms with Crippen LogP contribution < -0.4 is 4.74 Å². The van der Waals surface area contributed by atoms with Crippen LogP contribution in [-0.2, 0) is 5.88 Å². The van der Waals surface area contributed by atoms with Crippen LogP contribution in [0.5, 0.6) is 5.75 Å². The topological polar surface area (TPSA) is 22.1 Å². The van der Waals surface area contributed by atoms with Crippen molar-refractivity contribution in [2.75, 3.05) is 7.11 Å². The number of halogens is 1. The zero-order valence-corrected chi connectivity index (χ0v) is 10.7. The zero-order chi connectivity index (χ0) is 11.5. The van der Waals surface area contributed by atoms with E-state index in [1.807, 2.05) is 24.3 Å². The second kappa shape index (κ2) is 4.85. The Labute approximate surface area is 104 Å². The van der Waals surface area contributed by atoms with Crippen LogP contribution in [0.1, 0.15) is 9.88 Å². The van der Waals surface area contributed by atoms with Gasteiger partial charge in [-0.05, 0) is 31.2 Å². The van der Waals surface area contributed by atoms with Crippen LogP contribution in [0.25, 0.3) is 11.3 Å². The predicted octanol–water partition coefficient (Wildman–Crippen LogP) is 3.87. The van der Waals surface area contributed by atoms with Gasteiger partial charge in [0, 0.05) is 10.4 Å². The fourth-order valence-corrected chi connectivity index (χ4v) is 2.55. The molecular weight excluding hydrogens is 242 g/mol. The van der Waals surface area contributed by atoms with Crippen LogP contribution in [0, 0.1) is 6.92 Å². The molecule has 84 valence electrons. The number of hydrogen-bond donors (Lipinski definition) is 0. The van der Waals surface area contributed by atoms with Crippen LogP contribution in [0.15, 0.2) is 24.3 Å². The Morgan fingerprint density at radius 1 is 1.31 bits per heavy atom. The lowest BCUT2D eigenvalue weighted by Crippen LogP contribution is -1.84. The number of alkyl halides is 1. The number of ether oxygens (including phenoxy) is 1. The van der Waals surface area contributed by atoms with Crippen molar-refractivity contribution in [3.8, 4) is 17.0 Å².